The number of aromatic nitrogens is 2. The number of rotatable bonds is 13. The van der Waals surface area contributed by atoms with Crippen LogP contribution >= 0.6 is 11.6 Å². The average molecular weight is 686 g/mol. The molecule has 3 amide bonds. The third-order valence-corrected chi connectivity index (χ3v) is 9.21. The second-order valence-electron chi connectivity index (χ2n) is 12.4. The quantitative estimate of drug-likeness (QED) is 0.148. The van der Waals surface area contributed by atoms with Crippen LogP contribution in [0.15, 0.2) is 73.1 Å². The third-order valence-electron chi connectivity index (χ3n) is 8.80. The van der Waals surface area contributed by atoms with Crippen molar-refractivity contribution in [1.82, 2.24) is 14.7 Å². The Labute approximate surface area is 287 Å². The number of benzene rings is 3. The van der Waals surface area contributed by atoms with E-state index < -0.39 is 31.1 Å². The molecule has 3 N–H and O–H groups in total. The Balaban J connectivity index is 1.12. The number of carboxylic acid groups (broad SMARTS) is 2. The number of nitrogens with zero attached hydrogens (tertiary/aromatic N) is 4. The highest BCUT2D eigenvalue weighted by molar-refractivity contribution is 6.31. The second kappa shape index (κ2) is 14.4. The van der Waals surface area contributed by atoms with Gasteiger partial charge >= 0.3 is 18.0 Å². The lowest BCUT2D eigenvalue weighted by molar-refractivity contribution is -0.140. The Kier molecular flexibility index (Phi) is 9.86. The molecule has 0 saturated heterocycles. The second-order valence-corrected chi connectivity index (χ2v) is 12.8. The van der Waals surface area contributed by atoms with Gasteiger partial charge in [-0.15, -0.1) is 0 Å². The van der Waals surface area contributed by atoms with E-state index in [-0.39, 0.29) is 5.91 Å². The molecule has 2 heterocycles. The van der Waals surface area contributed by atoms with E-state index in [1.807, 2.05) is 60.6 Å². The fraction of sp³-hybridized carbons (Fsp3) is 0.306. The summed E-state index contributed by atoms with van der Waals surface area (Å²) in [6.45, 7) is 1.94. The first-order valence-corrected chi connectivity index (χ1v) is 16.4. The minimum absolute atomic E-state index is 0.0758. The van der Waals surface area contributed by atoms with Crippen molar-refractivity contribution in [2.24, 2.45) is 5.92 Å². The van der Waals surface area contributed by atoms with Gasteiger partial charge in [0, 0.05) is 46.7 Å². The minimum Gasteiger partial charge on any atom is -0.493 e. The van der Waals surface area contributed by atoms with Crippen molar-refractivity contribution in [3.8, 4) is 16.9 Å². The number of amides is 3. The van der Waals surface area contributed by atoms with Crippen LogP contribution in [0, 0.1) is 12.8 Å². The summed E-state index contributed by atoms with van der Waals surface area (Å²) < 4.78 is 7.70. The van der Waals surface area contributed by atoms with Crippen molar-refractivity contribution in [2.75, 3.05) is 36.5 Å². The maximum absolute atomic E-state index is 13.5. The Morgan fingerprint density at radius 1 is 1.04 bits per heavy atom. The Morgan fingerprint density at radius 2 is 1.80 bits per heavy atom. The van der Waals surface area contributed by atoms with Crippen LogP contribution in [0.4, 0.5) is 16.2 Å². The predicted molar refractivity (Wildman–Crippen MR) is 183 cm³/mol. The van der Waals surface area contributed by atoms with E-state index in [2.05, 4.69) is 16.5 Å². The van der Waals surface area contributed by atoms with Crippen molar-refractivity contribution in [3.05, 3.63) is 94.8 Å². The lowest BCUT2D eigenvalue weighted by Crippen LogP contribution is -2.41. The topological polar surface area (TPSA) is 154 Å². The molecule has 49 heavy (non-hydrogen) atoms. The molecule has 3 aromatic carbocycles. The van der Waals surface area contributed by atoms with Crippen LogP contribution in [0.3, 0.4) is 0 Å². The molecule has 1 saturated carbocycles. The van der Waals surface area contributed by atoms with Crippen LogP contribution in [0.1, 0.15) is 41.9 Å². The molecule has 4 aromatic rings. The summed E-state index contributed by atoms with van der Waals surface area (Å²) in [5.74, 6) is -1.01. The van der Waals surface area contributed by atoms with Crippen LogP contribution in [-0.2, 0) is 20.9 Å². The van der Waals surface area contributed by atoms with Crippen LogP contribution in [0.25, 0.3) is 11.1 Å². The Morgan fingerprint density at radius 3 is 2.57 bits per heavy atom. The molecular weight excluding hydrogens is 650 g/mol. The number of hydrogen-bond donors (Lipinski definition) is 3. The molecule has 0 unspecified atom stereocenters. The van der Waals surface area contributed by atoms with Gasteiger partial charge in [0.2, 0.25) is 5.91 Å². The van der Waals surface area contributed by atoms with Gasteiger partial charge in [0.15, 0.2) is 0 Å². The van der Waals surface area contributed by atoms with Crippen molar-refractivity contribution in [2.45, 2.75) is 38.6 Å². The molecule has 13 heteroatoms. The Bertz CT molecular complexity index is 1890. The SMILES string of the molecule is Cc1c(Cl)cccc1OCCCC(=O)N1C[C@@H]2C[C@@H]2c2c(-c3cnn(Cc4cccc(NC(=O)N(CC(=O)O)CC(=O)O)c4)c3)cccc21. The molecule has 1 aliphatic carbocycles. The lowest BCUT2D eigenvalue weighted by atomic mass is 9.92. The summed E-state index contributed by atoms with van der Waals surface area (Å²) in [5, 5.41) is 25.9. The van der Waals surface area contributed by atoms with Gasteiger partial charge in [-0.2, -0.15) is 5.10 Å². The average Bonchev–Trinajstić information content (AvgIpc) is 3.71. The highest BCUT2D eigenvalue weighted by Gasteiger charge is 2.47. The number of carbonyl (C=O) groups excluding carboxylic acids is 2. The number of carboxylic acids is 2. The molecule has 12 nitrogen and oxygen atoms in total. The van der Waals surface area contributed by atoms with Gasteiger partial charge in [0.05, 0.1) is 19.3 Å². The summed E-state index contributed by atoms with van der Waals surface area (Å²) >= 11 is 6.20. The first-order valence-electron chi connectivity index (χ1n) is 16.0. The molecule has 0 bridgehead atoms. The fourth-order valence-corrected chi connectivity index (χ4v) is 6.50. The highest BCUT2D eigenvalue weighted by Crippen LogP contribution is 2.57. The van der Waals surface area contributed by atoms with E-state index in [0.29, 0.717) is 60.0 Å². The normalized spacial score (nSPS) is 15.9. The molecule has 1 aromatic heterocycles. The van der Waals surface area contributed by atoms with Crippen LogP contribution < -0.4 is 15.0 Å². The molecule has 1 aliphatic heterocycles. The highest BCUT2D eigenvalue weighted by atomic mass is 35.5. The van der Waals surface area contributed by atoms with Crippen LogP contribution in [0.2, 0.25) is 5.02 Å². The zero-order valence-corrected chi connectivity index (χ0v) is 27.6. The monoisotopic (exact) mass is 685 g/mol. The molecule has 0 spiro atoms. The van der Waals surface area contributed by atoms with Gasteiger partial charge in [0.25, 0.3) is 0 Å². The number of hydrogen-bond acceptors (Lipinski definition) is 6. The molecule has 254 valence electrons. The van der Waals surface area contributed by atoms with Crippen molar-refractivity contribution < 1.29 is 34.1 Å². The van der Waals surface area contributed by atoms with Gasteiger partial charge in [-0.1, -0.05) is 41.9 Å². The van der Waals surface area contributed by atoms with E-state index in [9.17, 15) is 19.2 Å². The standard InChI is InChI=1S/C36H36ClN5O7/c1-22-29(37)9-4-11-31(22)49-13-5-12-32(43)42-19-24-15-28(24)35-27(8-3-10-30(35)42)25-16-38-41(18-25)17-23-6-2-7-26(14-23)39-36(48)40(20-33(44)45)21-34(46)47/h2-4,6-11,14,16,18,24,28H,5,12-13,15,17,19-21H2,1H3,(H,39,48)(H,44,45)(H,46,47)/t24-,28-/m0/s1. The van der Waals surface area contributed by atoms with E-state index in [4.69, 9.17) is 26.6 Å². The van der Waals surface area contributed by atoms with Gasteiger partial charge in [-0.05, 0) is 78.6 Å². The third kappa shape index (κ3) is 7.86. The number of fused-ring (bicyclic) bond motifs is 3. The van der Waals surface area contributed by atoms with E-state index in [1.54, 1.807) is 22.9 Å². The summed E-state index contributed by atoms with van der Waals surface area (Å²) in [6, 6.07) is 17.8. The molecule has 1 fully saturated rings. The van der Waals surface area contributed by atoms with E-state index in [0.717, 1.165) is 40.1 Å². The summed E-state index contributed by atoms with van der Waals surface area (Å²) in [5.41, 5.74) is 6.20. The first-order chi connectivity index (χ1) is 23.6. The summed E-state index contributed by atoms with van der Waals surface area (Å²) in [7, 11) is 0. The van der Waals surface area contributed by atoms with Crippen molar-refractivity contribution in [3.63, 3.8) is 0 Å². The predicted octanol–water partition coefficient (Wildman–Crippen LogP) is 5.87. The minimum atomic E-state index is -1.32. The van der Waals surface area contributed by atoms with Gasteiger partial charge in [-0.3, -0.25) is 19.1 Å². The van der Waals surface area contributed by atoms with Crippen molar-refractivity contribution >= 4 is 46.9 Å². The zero-order valence-electron chi connectivity index (χ0n) is 26.8. The summed E-state index contributed by atoms with van der Waals surface area (Å²) in [6.07, 6.45) is 5.76. The number of aliphatic carboxylic acids is 2. The van der Waals surface area contributed by atoms with Gasteiger partial charge < -0.3 is 30.1 Å². The number of anilines is 2. The number of urea groups is 1. The summed E-state index contributed by atoms with van der Waals surface area (Å²) in [4.78, 5) is 50.9. The largest absolute Gasteiger partial charge is 0.493 e. The molecule has 0 radical (unpaired) electrons. The number of halogens is 1. The molecule has 2 atom stereocenters. The van der Waals surface area contributed by atoms with Crippen LogP contribution in [0.5, 0.6) is 5.75 Å². The molecule has 6 rings (SSSR count). The number of ether oxygens (including phenoxy) is 1. The molecular formula is C36H36ClN5O7. The van der Waals surface area contributed by atoms with E-state index in [1.165, 1.54) is 5.56 Å². The number of carbonyl (C=O) groups is 4. The molecule has 2 aliphatic rings. The Hall–Kier alpha value is -5.36. The van der Waals surface area contributed by atoms with Gasteiger partial charge in [-0.25, -0.2) is 4.79 Å². The number of nitrogens with one attached hydrogen (secondary N) is 1. The van der Waals surface area contributed by atoms with E-state index >= 15 is 0 Å². The van der Waals surface area contributed by atoms with Gasteiger partial charge in [0.1, 0.15) is 18.8 Å². The van der Waals surface area contributed by atoms with Crippen LogP contribution in [-0.4, -0.2) is 75.0 Å². The van der Waals surface area contributed by atoms with Crippen molar-refractivity contribution in [1.29, 1.82) is 0 Å². The smallest absolute Gasteiger partial charge is 0.323 e. The maximum atomic E-state index is 13.5. The zero-order chi connectivity index (χ0) is 34.7. The lowest BCUT2D eigenvalue weighted by Gasteiger charge is -2.30. The maximum Gasteiger partial charge on any atom is 0.323 e. The fourth-order valence-electron chi connectivity index (χ4n) is 6.34. The first kappa shape index (κ1) is 33.5.